The molecule has 0 bridgehead atoms. The van der Waals surface area contributed by atoms with Crippen molar-refractivity contribution in [2.75, 3.05) is 0 Å². The molecular weight excluding hydrogens is 176 g/mol. The molecule has 0 aliphatic rings. The molecular formula is C8H6O3S. The summed E-state index contributed by atoms with van der Waals surface area (Å²) >= 11 is 1.30. The quantitative estimate of drug-likeness (QED) is 0.571. The minimum Gasteiger partial charge on any atom is -0.478 e. The zero-order valence-corrected chi connectivity index (χ0v) is 6.88. The number of aromatic carboxylic acids is 1. The summed E-state index contributed by atoms with van der Waals surface area (Å²) < 4.78 is 0. The number of carbonyl (C=O) groups excluding carboxylic acids is 1. The van der Waals surface area contributed by atoms with Gasteiger partial charge in [0, 0.05) is 5.38 Å². The standard InChI is InChI=1S/C8H6O3S/c9-3-1-2-6-4-12-5-7(6)8(10)11/h1-5H,(H,10,11). The second-order valence-corrected chi connectivity index (χ2v) is 2.78. The Kier molecular flexibility index (Phi) is 2.76. The van der Waals surface area contributed by atoms with Crippen LogP contribution in [0.15, 0.2) is 16.8 Å². The Hall–Kier alpha value is -1.42. The van der Waals surface area contributed by atoms with E-state index in [1.807, 2.05) is 0 Å². The van der Waals surface area contributed by atoms with Crippen LogP contribution >= 0.6 is 11.3 Å². The van der Waals surface area contributed by atoms with Crippen LogP contribution in [0.5, 0.6) is 0 Å². The van der Waals surface area contributed by atoms with Crippen LogP contribution in [0.1, 0.15) is 15.9 Å². The molecule has 0 aliphatic carbocycles. The molecule has 0 fully saturated rings. The van der Waals surface area contributed by atoms with Crippen LogP contribution in [0.4, 0.5) is 0 Å². The van der Waals surface area contributed by atoms with Crippen LogP contribution in [0.25, 0.3) is 6.08 Å². The summed E-state index contributed by atoms with van der Waals surface area (Å²) in [7, 11) is 0. The van der Waals surface area contributed by atoms with Gasteiger partial charge in [-0.25, -0.2) is 4.79 Å². The van der Waals surface area contributed by atoms with Gasteiger partial charge in [-0.2, -0.15) is 11.3 Å². The Morgan fingerprint density at radius 3 is 2.83 bits per heavy atom. The van der Waals surface area contributed by atoms with Crippen LogP contribution in [0.3, 0.4) is 0 Å². The summed E-state index contributed by atoms with van der Waals surface area (Å²) in [6.07, 6.45) is 3.37. The SMILES string of the molecule is O=CC=Cc1cscc1C(=O)O. The molecule has 0 amide bonds. The fourth-order valence-corrected chi connectivity index (χ4v) is 1.55. The summed E-state index contributed by atoms with van der Waals surface area (Å²) in [4.78, 5) is 20.5. The topological polar surface area (TPSA) is 54.4 Å². The molecule has 0 aliphatic heterocycles. The van der Waals surface area contributed by atoms with Gasteiger partial charge in [-0.1, -0.05) is 6.08 Å². The third-order valence-electron chi connectivity index (χ3n) is 1.28. The van der Waals surface area contributed by atoms with E-state index in [9.17, 15) is 9.59 Å². The first-order valence-electron chi connectivity index (χ1n) is 3.17. The molecule has 0 saturated heterocycles. The van der Waals surface area contributed by atoms with Crippen LogP contribution in [0, 0.1) is 0 Å². The maximum atomic E-state index is 10.5. The van der Waals surface area contributed by atoms with E-state index in [1.54, 1.807) is 5.38 Å². The molecule has 0 unspecified atom stereocenters. The van der Waals surface area contributed by atoms with Gasteiger partial charge in [0.2, 0.25) is 0 Å². The third-order valence-corrected chi connectivity index (χ3v) is 2.04. The maximum Gasteiger partial charge on any atom is 0.337 e. The van der Waals surface area contributed by atoms with Crippen LogP contribution in [-0.2, 0) is 4.79 Å². The van der Waals surface area contributed by atoms with Crippen LogP contribution < -0.4 is 0 Å². The van der Waals surface area contributed by atoms with Crippen LogP contribution in [-0.4, -0.2) is 17.4 Å². The Morgan fingerprint density at radius 2 is 2.25 bits per heavy atom. The lowest BCUT2D eigenvalue weighted by Gasteiger charge is -1.89. The first-order valence-corrected chi connectivity index (χ1v) is 4.11. The van der Waals surface area contributed by atoms with Gasteiger partial charge >= 0.3 is 5.97 Å². The molecule has 0 aromatic carbocycles. The van der Waals surface area contributed by atoms with Gasteiger partial charge in [-0.3, -0.25) is 4.79 Å². The number of aldehydes is 1. The minimum absolute atomic E-state index is 0.234. The highest BCUT2D eigenvalue weighted by molar-refractivity contribution is 7.08. The average Bonchev–Trinajstić information content (AvgIpc) is 2.48. The highest BCUT2D eigenvalue weighted by Gasteiger charge is 2.07. The molecule has 1 aromatic rings. The lowest BCUT2D eigenvalue weighted by molar-refractivity contribution is -0.104. The normalized spacial score (nSPS) is 10.3. The number of carboxylic acid groups (broad SMARTS) is 1. The molecule has 4 heteroatoms. The van der Waals surface area contributed by atoms with E-state index in [0.717, 1.165) is 0 Å². The first kappa shape index (κ1) is 8.67. The monoisotopic (exact) mass is 182 g/mol. The van der Waals surface area contributed by atoms with Crippen molar-refractivity contribution in [3.63, 3.8) is 0 Å². The van der Waals surface area contributed by atoms with Crippen molar-refractivity contribution >= 4 is 29.7 Å². The van der Waals surface area contributed by atoms with Crippen molar-refractivity contribution in [3.8, 4) is 0 Å². The van der Waals surface area contributed by atoms with Crippen molar-refractivity contribution < 1.29 is 14.7 Å². The van der Waals surface area contributed by atoms with Crippen molar-refractivity contribution in [1.29, 1.82) is 0 Å². The summed E-state index contributed by atoms with van der Waals surface area (Å²) in [6.45, 7) is 0. The lowest BCUT2D eigenvalue weighted by Crippen LogP contribution is -1.95. The molecule has 1 N–H and O–H groups in total. The van der Waals surface area contributed by atoms with Crippen molar-refractivity contribution in [2.45, 2.75) is 0 Å². The highest BCUT2D eigenvalue weighted by Crippen LogP contribution is 2.16. The molecule has 3 nitrogen and oxygen atoms in total. The number of hydrogen-bond acceptors (Lipinski definition) is 3. The average molecular weight is 182 g/mol. The van der Waals surface area contributed by atoms with Gasteiger partial charge in [0.05, 0.1) is 5.56 Å². The van der Waals surface area contributed by atoms with Crippen molar-refractivity contribution in [3.05, 3.63) is 28.0 Å². The zero-order valence-electron chi connectivity index (χ0n) is 6.06. The van der Waals surface area contributed by atoms with Gasteiger partial charge < -0.3 is 5.11 Å². The molecule has 12 heavy (non-hydrogen) atoms. The Balaban J connectivity index is 2.99. The van der Waals surface area contributed by atoms with E-state index < -0.39 is 5.97 Å². The van der Waals surface area contributed by atoms with Crippen molar-refractivity contribution in [2.24, 2.45) is 0 Å². The zero-order chi connectivity index (χ0) is 8.97. The van der Waals surface area contributed by atoms with Gasteiger partial charge in [-0.15, -0.1) is 0 Å². The molecule has 1 rings (SSSR count). The van der Waals surface area contributed by atoms with E-state index in [-0.39, 0.29) is 5.56 Å². The van der Waals surface area contributed by atoms with Gasteiger partial charge in [-0.05, 0) is 17.0 Å². The number of hydrogen-bond donors (Lipinski definition) is 1. The second-order valence-electron chi connectivity index (χ2n) is 2.04. The number of carbonyl (C=O) groups is 2. The largest absolute Gasteiger partial charge is 0.478 e. The summed E-state index contributed by atoms with van der Waals surface area (Å²) in [5.74, 6) is -0.971. The van der Waals surface area contributed by atoms with E-state index in [0.29, 0.717) is 11.8 Å². The smallest absolute Gasteiger partial charge is 0.337 e. The van der Waals surface area contributed by atoms with Gasteiger partial charge in [0.1, 0.15) is 6.29 Å². The molecule has 0 saturated carbocycles. The third kappa shape index (κ3) is 1.79. The number of allylic oxidation sites excluding steroid dienone is 1. The summed E-state index contributed by atoms with van der Waals surface area (Å²) in [6, 6.07) is 0. The Morgan fingerprint density at radius 1 is 1.50 bits per heavy atom. The Bertz CT molecular complexity index is 325. The molecule has 0 spiro atoms. The lowest BCUT2D eigenvalue weighted by atomic mass is 10.2. The maximum absolute atomic E-state index is 10.5. The molecule has 0 radical (unpaired) electrons. The fourth-order valence-electron chi connectivity index (χ4n) is 0.753. The summed E-state index contributed by atoms with van der Waals surface area (Å²) in [5, 5.41) is 11.9. The first-order chi connectivity index (χ1) is 5.75. The van der Waals surface area contributed by atoms with Crippen LogP contribution in [0.2, 0.25) is 0 Å². The van der Waals surface area contributed by atoms with Gasteiger partial charge in [0.15, 0.2) is 0 Å². The highest BCUT2D eigenvalue weighted by atomic mass is 32.1. The Labute approximate surface area is 73.0 Å². The molecule has 0 atom stereocenters. The molecule has 1 heterocycles. The van der Waals surface area contributed by atoms with E-state index in [4.69, 9.17) is 5.11 Å². The number of rotatable bonds is 3. The predicted octanol–water partition coefficient (Wildman–Crippen LogP) is 1.66. The minimum atomic E-state index is -0.971. The van der Waals surface area contributed by atoms with E-state index >= 15 is 0 Å². The number of carboxylic acids is 1. The van der Waals surface area contributed by atoms with Crippen molar-refractivity contribution in [1.82, 2.24) is 0 Å². The molecule has 1 aromatic heterocycles. The second kappa shape index (κ2) is 3.82. The predicted molar refractivity (Wildman–Crippen MR) is 46.4 cm³/mol. The number of thiophene rings is 1. The fraction of sp³-hybridized carbons (Fsp3) is 0. The van der Waals surface area contributed by atoms with E-state index in [1.165, 1.54) is 28.9 Å². The van der Waals surface area contributed by atoms with Gasteiger partial charge in [0.25, 0.3) is 0 Å². The molecule has 62 valence electrons. The van der Waals surface area contributed by atoms with E-state index in [2.05, 4.69) is 0 Å². The summed E-state index contributed by atoms with van der Waals surface area (Å²) in [5.41, 5.74) is 0.803.